The maximum atomic E-state index is 10.2. The Hall–Kier alpha value is -3.17. The smallest absolute Gasteiger partial charge is 0.124 e. The van der Waals surface area contributed by atoms with Gasteiger partial charge in [0.2, 0.25) is 0 Å². The van der Waals surface area contributed by atoms with Crippen LogP contribution in [0.5, 0.6) is 5.75 Å². The van der Waals surface area contributed by atoms with Gasteiger partial charge in [0.15, 0.2) is 0 Å². The van der Waals surface area contributed by atoms with Crippen LogP contribution in [0, 0.1) is 0 Å². The van der Waals surface area contributed by atoms with Gasteiger partial charge in [-0.2, -0.15) is 4.80 Å². The van der Waals surface area contributed by atoms with Crippen molar-refractivity contribution in [2.24, 2.45) is 0 Å². The average Bonchev–Trinajstić information content (AvgIpc) is 3.24. The molecule has 0 spiro atoms. The fourth-order valence-electron chi connectivity index (χ4n) is 3.30. The summed E-state index contributed by atoms with van der Waals surface area (Å²) in [5, 5.41) is 35.0. The molecular weight excluding hydrogens is 402 g/mol. The summed E-state index contributed by atoms with van der Waals surface area (Å²) in [6.45, 7) is 4.00. The van der Waals surface area contributed by atoms with Gasteiger partial charge >= 0.3 is 0 Å². The third kappa shape index (κ3) is 3.69. The first kappa shape index (κ1) is 20.1. The Balaban J connectivity index is 0.00000106. The largest absolute Gasteiger partial charge is 0.507 e. The summed E-state index contributed by atoms with van der Waals surface area (Å²) in [4.78, 5) is 2.15. The number of hydrogen-bond acceptors (Lipinski definition) is 7. The maximum absolute atomic E-state index is 10.2. The number of rotatable bonds is 4. The first-order chi connectivity index (χ1) is 14.7. The Morgan fingerprint density at radius 3 is 2.53 bits per heavy atom. The summed E-state index contributed by atoms with van der Waals surface area (Å²) in [6.07, 6.45) is 0. The van der Waals surface area contributed by atoms with E-state index in [4.69, 9.17) is 5.26 Å². The Kier molecular flexibility index (Phi) is 5.82. The Morgan fingerprint density at radius 2 is 1.70 bits per heavy atom. The van der Waals surface area contributed by atoms with Crippen LogP contribution in [0.1, 0.15) is 13.8 Å². The van der Waals surface area contributed by atoms with Crippen LogP contribution in [0.3, 0.4) is 0 Å². The van der Waals surface area contributed by atoms with Crippen LogP contribution in [0.4, 0.5) is 0 Å². The summed E-state index contributed by atoms with van der Waals surface area (Å²) in [5.41, 5.74) is 2.40. The molecule has 1 heterocycles. The topological polar surface area (TPSA) is 89.6 Å². The van der Waals surface area contributed by atoms with Crippen molar-refractivity contribution in [3.63, 3.8) is 0 Å². The molecule has 0 fully saturated rings. The van der Waals surface area contributed by atoms with Crippen molar-refractivity contribution in [3.05, 3.63) is 66.7 Å². The second-order valence-corrected chi connectivity index (χ2v) is 6.99. The first-order valence-corrected chi connectivity index (χ1v) is 10.1. The SMILES string of the molecule is CC.OOOSc1cc(O)c2ccc(-n3nc4ccc5ccccc5c4n3)cc2c1. The number of aromatic nitrogens is 3. The van der Waals surface area contributed by atoms with Crippen molar-refractivity contribution in [3.8, 4) is 11.4 Å². The number of nitrogens with zero attached hydrogens (tertiary/aromatic N) is 3. The van der Waals surface area contributed by atoms with E-state index in [0.29, 0.717) is 10.3 Å². The van der Waals surface area contributed by atoms with Gasteiger partial charge in [-0.05, 0) is 47.2 Å². The number of phenolic OH excluding ortho intramolecular Hbond substituents is 1. The van der Waals surface area contributed by atoms with E-state index in [1.165, 1.54) is 6.07 Å². The fraction of sp³-hybridized carbons (Fsp3) is 0.0909. The fourth-order valence-corrected chi connectivity index (χ4v) is 3.75. The van der Waals surface area contributed by atoms with E-state index in [2.05, 4.69) is 19.6 Å². The molecule has 5 aromatic rings. The van der Waals surface area contributed by atoms with Crippen molar-refractivity contribution in [1.29, 1.82) is 0 Å². The molecule has 152 valence electrons. The molecule has 2 N–H and O–H groups in total. The van der Waals surface area contributed by atoms with Crippen LogP contribution in [0.25, 0.3) is 38.3 Å². The Morgan fingerprint density at radius 1 is 0.867 bits per heavy atom. The van der Waals surface area contributed by atoms with Crippen molar-refractivity contribution in [1.82, 2.24) is 15.0 Å². The highest BCUT2D eigenvalue weighted by Gasteiger charge is 2.11. The van der Waals surface area contributed by atoms with Crippen molar-refractivity contribution in [2.75, 3.05) is 0 Å². The number of fused-ring (bicyclic) bond motifs is 4. The molecule has 0 radical (unpaired) electrons. The molecule has 0 saturated heterocycles. The van der Waals surface area contributed by atoms with E-state index < -0.39 is 0 Å². The molecule has 0 amide bonds. The lowest BCUT2D eigenvalue weighted by Gasteiger charge is -2.06. The van der Waals surface area contributed by atoms with E-state index in [1.807, 2.05) is 68.4 Å². The first-order valence-electron chi connectivity index (χ1n) is 9.40. The van der Waals surface area contributed by atoms with Gasteiger partial charge in [0, 0.05) is 15.7 Å². The minimum Gasteiger partial charge on any atom is -0.507 e. The molecular formula is C22H19N3O4S. The normalized spacial score (nSPS) is 11.0. The van der Waals surface area contributed by atoms with E-state index in [-0.39, 0.29) is 5.75 Å². The predicted octanol–water partition coefficient (Wildman–Crippen LogP) is 5.89. The van der Waals surface area contributed by atoms with Gasteiger partial charge in [-0.3, -0.25) is 0 Å². The molecule has 0 unspecified atom stereocenters. The molecule has 0 atom stereocenters. The van der Waals surface area contributed by atoms with Gasteiger partial charge in [0.1, 0.15) is 16.8 Å². The highest BCUT2D eigenvalue weighted by Crippen LogP contribution is 2.33. The predicted molar refractivity (Wildman–Crippen MR) is 118 cm³/mol. The number of hydrogen-bond donors (Lipinski definition) is 2. The summed E-state index contributed by atoms with van der Waals surface area (Å²) in [7, 11) is 0. The zero-order chi connectivity index (χ0) is 21.1. The van der Waals surface area contributed by atoms with Crippen LogP contribution in [0.15, 0.2) is 71.6 Å². The highest BCUT2D eigenvalue weighted by molar-refractivity contribution is 7.94. The van der Waals surface area contributed by atoms with Crippen LogP contribution in [-0.4, -0.2) is 25.4 Å². The molecule has 0 aliphatic rings. The highest BCUT2D eigenvalue weighted by atomic mass is 32.2. The zero-order valence-corrected chi connectivity index (χ0v) is 17.1. The minimum atomic E-state index is 0.0951. The summed E-state index contributed by atoms with van der Waals surface area (Å²) < 4.78 is 4.45. The third-order valence-electron chi connectivity index (χ3n) is 4.56. The number of benzene rings is 4. The Bertz CT molecular complexity index is 1340. The van der Waals surface area contributed by atoms with Gasteiger partial charge in [0.05, 0.1) is 17.7 Å². The van der Waals surface area contributed by atoms with Crippen LogP contribution >= 0.6 is 12.0 Å². The molecule has 1 aromatic heterocycles. The molecule has 5 rings (SSSR count). The maximum Gasteiger partial charge on any atom is 0.124 e. The van der Waals surface area contributed by atoms with Crippen molar-refractivity contribution >= 4 is 44.6 Å². The minimum absolute atomic E-state index is 0.0951. The van der Waals surface area contributed by atoms with Crippen LogP contribution in [0.2, 0.25) is 0 Å². The van der Waals surface area contributed by atoms with Gasteiger partial charge in [0.25, 0.3) is 0 Å². The van der Waals surface area contributed by atoms with Gasteiger partial charge < -0.3 is 5.11 Å². The molecule has 4 aromatic carbocycles. The molecule has 0 bridgehead atoms. The van der Waals surface area contributed by atoms with E-state index in [1.54, 1.807) is 10.9 Å². The van der Waals surface area contributed by atoms with E-state index in [0.717, 1.165) is 44.9 Å². The third-order valence-corrected chi connectivity index (χ3v) is 5.11. The lowest BCUT2D eigenvalue weighted by Crippen LogP contribution is -1.98. The van der Waals surface area contributed by atoms with Crippen LogP contribution < -0.4 is 0 Å². The molecule has 8 heteroatoms. The van der Waals surface area contributed by atoms with E-state index in [9.17, 15) is 5.11 Å². The second kappa shape index (κ2) is 8.68. The lowest BCUT2D eigenvalue weighted by atomic mass is 10.1. The Labute approximate surface area is 176 Å². The standard InChI is InChI=1S/C20H13N3O4S.C2H6/c24-19-11-15(28-27-26-25)10-13-9-14(6-7-16(13)19)23-21-18-8-5-12-3-1-2-4-17(12)20(18)22-23;1-2/h1-11,24-25H;1-2H3. The van der Waals surface area contributed by atoms with Crippen molar-refractivity contribution < 1.29 is 19.7 Å². The molecule has 7 nitrogen and oxygen atoms in total. The van der Waals surface area contributed by atoms with E-state index >= 15 is 0 Å². The second-order valence-electron chi connectivity index (χ2n) is 6.22. The quantitative estimate of drug-likeness (QED) is 0.212. The number of aromatic hydroxyl groups is 1. The van der Waals surface area contributed by atoms with Gasteiger partial charge in [-0.25, -0.2) is 5.26 Å². The molecule has 30 heavy (non-hydrogen) atoms. The van der Waals surface area contributed by atoms with Crippen molar-refractivity contribution in [2.45, 2.75) is 18.7 Å². The lowest BCUT2D eigenvalue weighted by molar-refractivity contribution is -0.432. The number of phenols is 1. The summed E-state index contributed by atoms with van der Waals surface area (Å²) in [6, 6.07) is 20.9. The molecule has 0 aliphatic heterocycles. The molecule has 0 aliphatic carbocycles. The zero-order valence-electron chi connectivity index (χ0n) is 16.3. The summed E-state index contributed by atoms with van der Waals surface area (Å²) >= 11 is 0.786. The molecule has 0 saturated carbocycles. The van der Waals surface area contributed by atoms with Crippen LogP contribution in [-0.2, 0) is 9.37 Å². The monoisotopic (exact) mass is 421 g/mol. The van der Waals surface area contributed by atoms with Gasteiger partial charge in [-0.15, -0.1) is 14.5 Å². The average molecular weight is 421 g/mol. The van der Waals surface area contributed by atoms with Gasteiger partial charge in [-0.1, -0.05) is 49.2 Å². The summed E-state index contributed by atoms with van der Waals surface area (Å²) in [5.74, 6) is 0.0951.